The summed E-state index contributed by atoms with van der Waals surface area (Å²) in [5.74, 6) is 0. The van der Waals surface area contributed by atoms with Crippen molar-refractivity contribution >= 4 is 27.0 Å². The molecule has 0 saturated carbocycles. The number of aryl methyl sites for hydroxylation is 1. The SMILES string of the molecule is Cn1cc(Br)c2c(-c3ccccc3)ncnc21. The van der Waals surface area contributed by atoms with Gasteiger partial charge in [-0.1, -0.05) is 30.3 Å². The highest BCUT2D eigenvalue weighted by atomic mass is 79.9. The molecule has 3 nitrogen and oxygen atoms in total. The van der Waals surface area contributed by atoms with Crippen molar-refractivity contribution in [2.24, 2.45) is 7.05 Å². The molecule has 0 fully saturated rings. The van der Waals surface area contributed by atoms with Gasteiger partial charge in [-0.05, 0) is 15.9 Å². The minimum atomic E-state index is 0.936. The lowest BCUT2D eigenvalue weighted by atomic mass is 10.1. The standard InChI is InChI=1S/C13H10BrN3/c1-17-7-10(14)11-12(15-8-16-13(11)17)9-5-3-2-4-6-9/h2-8H,1H3. The second-order valence-electron chi connectivity index (χ2n) is 3.87. The molecule has 1 aromatic carbocycles. The zero-order chi connectivity index (χ0) is 11.8. The van der Waals surface area contributed by atoms with E-state index in [1.54, 1.807) is 6.33 Å². The number of benzene rings is 1. The van der Waals surface area contributed by atoms with Crippen molar-refractivity contribution in [2.45, 2.75) is 0 Å². The first-order valence-corrected chi connectivity index (χ1v) is 6.07. The van der Waals surface area contributed by atoms with Gasteiger partial charge in [0.2, 0.25) is 0 Å². The fourth-order valence-corrected chi connectivity index (χ4v) is 2.65. The van der Waals surface area contributed by atoms with Gasteiger partial charge in [-0.15, -0.1) is 0 Å². The van der Waals surface area contributed by atoms with Crippen LogP contribution < -0.4 is 0 Å². The van der Waals surface area contributed by atoms with Crippen molar-refractivity contribution in [3.8, 4) is 11.3 Å². The second kappa shape index (κ2) is 3.96. The topological polar surface area (TPSA) is 30.7 Å². The van der Waals surface area contributed by atoms with Gasteiger partial charge < -0.3 is 4.57 Å². The van der Waals surface area contributed by atoms with Crippen molar-refractivity contribution < 1.29 is 0 Å². The maximum atomic E-state index is 4.40. The van der Waals surface area contributed by atoms with Crippen molar-refractivity contribution in [3.63, 3.8) is 0 Å². The Hall–Kier alpha value is -1.68. The Kier molecular flexibility index (Phi) is 2.44. The number of fused-ring (bicyclic) bond motifs is 1. The maximum absolute atomic E-state index is 4.40. The molecule has 0 atom stereocenters. The van der Waals surface area contributed by atoms with Gasteiger partial charge in [-0.2, -0.15) is 0 Å². The van der Waals surface area contributed by atoms with Gasteiger partial charge in [0.25, 0.3) is 0 Å². The Morgan fingerprint density at radius 3 is 2.65 bits per heavy atom. The lowest BCUT2D eigenvalue weighted by Gasteiger charge is -2.02. The van der Waals surface area contributed by atoms with E-state index in [1.807, 2.05) is 36.0 Å². The van der Waals surface area contributed by atoms with E-state index in [-0.39, 0.29) is 0 Å². The van der Waals surface area contributed by atoms with E-state index in [0.717, 1.165) is 26.8 Å². The highest BCUT2D eigenvalue weighted by molar-refractivity contribution is 9.10. The number of hydrogen-bond acceptors (Lipinski definition) is 2. The molecule has 17 heavy (non-hydrogen) atoms. The molecule has 3 aromatic rings. The van der Waals surface area contributed by atoms with E-state index in [2.05, 4.69) is 38.0 Å². The molecule has 0 aliphatic rings. The van der Waals surface area contributed by atoms with Crippen LogP contribution in [0.15, 0.2) is 47.3 Å². The Morgan fingerprint density at radius 2 is 1.88 bits per heavy atom. The molecular formula is C13H10BrN3. The summed E-state index contributed by atoms with van der Waals surface area (Å²) in [4.78, 5) is 8.71. The van der Waals surface area contributed by atoms with Gasteiger partial charge in [-0.3, -0.25) is 0 Å². The summed E-state index contributed by atoms with van der Waals surface area (Å²) in [5, 5.41) is 1.06. The monoisotopic (exact) mass is 287 g/mol. The first-order chi connectivity index (χ1) is 8.27. The maximum Gasteiger partial charge on any atom is 0.144 e. The second-order valence-corrected chi connectivity index (χ2v) is 4.73. The smallest absolute Gasteiger partial charge is 0.144 e. The van der Waals surface area contributed by atoms with Crippen LogP contribution in [0.3, 0.4) is 0 Å². The molecule has 84 valence electrons. The Morgan fingerprint density at radius 1 is 1.12 bits per heavy atom. The average Bonchev–Trinajstić information content (AvgIpc) is 2.66. The van der Waals surface area contributed by atoms with Crippen molar-refractivity contribution in [1.82, 2.24) is 14.5 Å². The van der Waals surface area contributed by atoms with Crippen LogP contribution in [0.25, 0.3) is 22.3 Å². The van der Waals surface area contributed by atoms with E-state index in [9.17, 15) is 0 Å². The zero-order valence-corrected chi connectivity index (χ0v) is 10.8. The van der Waals surface area contributed by atoms with Gasteiger partial charge in [-0.25, -0.2) is 9.97 Å². The molecular weight excluding hydrogens is 278 g/mol. The molecule has 2 heterocycles. The Balaban J connectivity index is 2.38. The lowest BCUT2D eigenvalue weighted by Crippen LogP contribution is -1.91. The number of nitrogens with zero attached hydrogens (tertiary/aromatic N) is 3. The minimum Gasteiger partial charge on any atom is -0.334 e. The molecule has 4 heteroatoms. The predicted molar refractivity (Wildman–Crippen MR) is 71.6 cm³/mol. The summed E-state index contributed by atoms with van der Waals surface area (Å²) in [5.41, 5.74) is 3.00. The molecule has 0 unspecified atom stereocenters. The van der Waals surface area contributed by atoms with E-state index >= 15 is 0 Å². The van der Waals surface area contributed by atoms with E-state index in [0.29, 0.717) is 0 Å². The molecule has 3 rings (SSSR count). The highest BCUT2D eigenvalue weighted by Gasteiger charge is 2.12. The fraction of sp³-hybridized carbons (Fsp3) is 0.0769. The Bertz CT molecular complexity index is 674. The molecule has 0 bridgehead atoms. The van der Waals surface area contributed by atoms with E-state index in [1.165, 1.54) is 0 Å². The molecule has 0 aliphatic heterocycles. The number of halogens is 1. The van der Waals surface area contributed by atoms with E-state index in [4.69, 9.17) is 0 Å². The molecule has 0 saturated heterocycles. The number of aromatic nitrogens is 3. The van der Waals surface area contributed by atoms with Crippen LogP contribution in [0.5, 0.6) is 0 Å². The van der Waals surface area contributed by atoms with Gasteiger partial charge in [0.05, 0.1) is 11.1 Å². The number of rotatable bonds is 1. The van der Waals surface area contributed by atoms with Crippen molar-refractivity contribution in [1.29, 1.82) is 0 Å². The third-order valence-corrected chi connectivity index (χ3v) is 3.36. The summed E-state index contributed by atoms with van der Waals surface area (Å²) in [6.07, 6.45) is 3.61. The van der Waals surface area contributed by atoms with Gasteiger partial charge >= 0.3 is 0 Å². The molecule has 0 amide bonds. The van der Waals surface area contributed by atoms with Gasteiger partial charge in [0, 0.05) is 23.3 Å². The largest absolute Gasteiger partial charge is 0.334 e. The first kappa shape index (κ1) is 10.5. The highest BCUT2D eigenvalue weighted by Crippen LogP contribution is 2.31. The molecule has 0 N–H and O–H groups in total. The van der Waals surface area contributed by atoms with Crippen LogP contribution in [0.4, 0.5) is 0 Å². The van der Waals surface area contributed by atoms with Crippen molar-refractivity contribution in [2.75, 3.05) is 0 Å². The lowest BCUT2D eigenvalue weighted by molar-refractivity contribution is 0.942. The summed E-state index contributed by atoms with van der Waals surface area (Å²) in [6.45, 7) is 0. The number of hydrogen-bond donors (Lipinski definition) is 0. The summed E-state index contributed by atoms with van der Waals surface area (Å²) < 4.78 is 3.02. The van der Waals surface area contributed by atoms with Crippen LogP contribution in [-0.4, -0.2) is 14.5 Å². The van der Waals surface area contributed by atoms with Crippen LogP contribution in [0, 0.1) is 0 Å². The first-order valence-electron chi connectivity index (χ1n) is 5.28. The summed E-state index contributed by atoms with van der Waals surface area (Å²) in [7, 11) is 1.98. The third-order valence-electron chi connectivity index (χ3n) is 2.75. The molecule has 0 spiro atoms. The van der Waals surface area contributed by atoms with Crippen LogP contribution in [-0.2, 0) is 7.05 Å². The predicted octanol–water partition coefficient (Wildman–Crippen LogP) is 3.40. The van der Waals surface area contributed by atoms with Crippen LogP contribution in [0.1, 0.15) is 0 Å². The summed E-state index contributed by atoms with van der Waals surface area (Å²) >= 11 is 3.56. The summed E-state index contributed by atoms with van der Waals surface area (Å²) in [6, 6.07) is 10.1. The third kappa shape index (κ3) is 1.65. The van der Waals surface area contributed by atoms with Crippen LogP contribution in [0.2, 0.25) is 0 Å². The zero-order valence-electron chi connectivity index (χ0n) is 9.26. The van der Waals surface area contributed by atoms with Crippen LogP contribution >= 0.6 is 15.9 Å². The molecule has 0 aliphatic carbocycles. The molecule has 0 radical (unpaired) electrons. The van der Waals surface area contributed by atoms with Gasteiger partial charge in [0.1, 0.15) is 12.0 Å². The Labute approximate surface area is 107 Å². The quantitative estimate of drug-likeness (QED) is 0.687. The fourth-order valence-electron chi connectivity index (χ4n) is 1.97. The normalized spacial score (nSPS) is 10.9. The molecule has 2 aromatic heterocycles. The van der Waals surface area contributed by atoms with Gasteiger partial charge in [0.15, 0.2) is 0 Å². The van der Waals surface area contributed by atoms with E-state index < -0.39 is 0 Å². The average molecular weight is 288 g/mol. The minimum absolute atomic E-state index is 0.936. The van der Waals surface area contributed by atoms with Crippen molar-refractivity contribution in [3.05, 3.63) is 47.3 Å².